The fourth-order valence-corrected chi connectivity index (χ4v) is 5.70. The van der Waals surface area contributed by atoms with Gasteiger partial charge in [-0.15, -0.1) is 0 Å². The quantitative estimate of drug-likeness (QED) is 0.796. The van der Waals surface area contributed by atoms with Crippen LogP contribution < -0.4 is 0 Å². The number of fused-ring (bicyclic) bond motifs is 1. The van der Waals surface area contributed by atoms with E-state index in [1.807, 2.05) is 24.3 Å². The Hall–Kier alpha value is -1.84. The van der Waals surface area contributed by atoms with Crippen LogP contribution in [-0.2, 0) is 4.79 Å². The summed E-state index contributed by atoms with van der Waals surface area (Å²) in [6, 6.07) is 8.04. The summed E-state index contributed by atoms with van der Waals surface area (Å²) in [5, 5.41) is 0. The first-order valence-corrected chi connectivity index (χ1v) is 10.8. The van der Waals surface area contributed by atoms with Gasteiger partial charge in [-0.2, -0.15) is 0 Å². The normalized spacial score (nSPS) is 25.6. The van der Waals surface area contributed by atoms with Gasteiger partial charge in [0.15, 0.2) is 0 Å². The lowest BCUT2D eigenvalue weighted by Gasteiger charge is -2.56. The highest BCUT2D eigenvalue weighted by molar-refractivity contribution is 6.02. The Kier molecular flexibility index (Phi) is 5.00. The van der Waals surface area contributed by atoms with Crippen LogP contribution in [0.5, 0.6) is 0 Å². The molecule has 0 radical (unpaired) electrons. The summed E-state index contributed by atoms with van der Waals surface area (Å²) >= 11 is 0. The van der Waals surface area contributed by atoms with Crippen LogP contribution >= 0.6 is 0 Å². The molecule has 27 heavy (non-hydrogen) atoms. The molecule has 4 heteroatoms. The van der Waals surface area contributed by atoms with Gasteiger partial charge < -0.3 is 9.80 Å². The average Bonchev–Trinajstić information content (AvgIpc) is 3.23. The molecule has 1 saturated carbocycles. The molecule has 2 amide bonds. The van der Waals surface area contributed by atoms with Crippen molar-refractivity contribution in [2.75, 3.05) is 13.1 Å². The van der Waals surface area contributed by atoms with Gasteiger partial charge in [0, 0.05) is 24.7 Å². The monoisotopic (exact) mass is 368 g/mol. The third-order valence-electron chi connectivity index (χ3n) is 7.15. The van der Waals surface area contributed by atoms with Gasteiger partial charge in [-0.05, 0) is 50.7 Å². The summed E-state index contributed by atoms with van der Waals surface area (Å²) in [5.41, 5.74) is 1.37. The lowest BCUT2D eigenvalue weighted by atomic mass is 9.64. The summed E-state index contributed by atoms with van der Waals surface area (Å²) in [5.74, 6) is 0.175. The molecule has 4 nitrogen and oxygen atoms in total. The van der Waals surface area contributed by atoms with E-state index in [9.17, 15) is 9.59 Å². The van der Waals surface area contributed by atoms with E-state index in [4.69, 9.17) is 0 Å². The number of likely N-dealkylation sites (tertiary alicyclic amines) is 1. The first kappa shape index (κ1) is 18.5. The van der Waals surface area contributed by atoms with Crippen molar-refractivity contribution in [2.24, 2.45) is 0 Å². The number of carbonyl (C=O) groups excluding carboxylic acids is 2. The van der Waals surface area contributed by atoms with Crippen LogP contribution in [0.1, 0.15) is 87.1 Å². The minimum atomic E-state index is -0.348. The predicted octanol–water partition coefficient (Wildman–Crippen LogP) is 4.35. The van der Waals surface area contributed by atoms with Crippen LogP contribution in [0.25, 0.3) is 0 Å². The van der Waals surface area contributed by atoms with Gasteiger partial charge in [-0.3, -0.25) is 9.59 Å². The number of carbonyl (C=O) groups is 2. The Morgan fingerprint density at radius 1 is 1.11 bits per heavy atom. The van der Waals surface area contributed by atoms with Crippen LogP contribution in [0, 0.1) is 0 Å². The van der Waals surface area contributed by atoms with Crippen molar-refractivity contribution in [1.29, 1.82) is 0 Å². The molecule has 0 aromatic heterocycles. The Morgan fingerprint density at radius 3 is 2.44 bits per heavy atom. The minimum absolute atomic E-state index is 0.132. The number of amides is 2. The highest BCUT2D eigenvalue weighted by atomic mass is 16.2. The number of rotatable bonds is 3. The largest absolute Gasteiger partial charge is 0.342 e. The third kappa shape index (κ3) is 2.88. The summed E-state index contributed by atoms with van der Waals surface area (Å²) in [6.45, 7) is 6.03. The summed E-state index contributed by atoms with van der Waals surface area (Å²) in [7, 11) is 0. The Bertz CT molecular complexity index is 717. The molecule has 2 aliphatic heterocycles. The highest BCUT2D eigenvalue weighted by Gasteiger charge is 2.56. The molecule has 1 aliphatic carbocycles. The molecule has 4 rings (SSSR count). The van der Waals surface area contributed by atoms with Crippen LogP contribution in [0.3, 0.4) is 0 Å². The fraction of sp³-hybridized carbons (Fsp3) is 0.652. The van der Waals surface area contributed by atoms with Gasteiger partial charge in [0.2, 0.25) is 5.91 Å². The van der Waals surface area contributed by atoms with E-state index < -0.39 is 0 Å². The van der Waals surface area contributed by atoms with Crippen molar-refractivity contribution in [2.45, 2.75) is 82.7 Å². The summed E-state index contributed by atoms with van der Waals surface area (Å²) < 4.78 is 0. The van der Waals surface area contributed by atoms with Gasteiger partial charge in [0.05, 0.1) is 11.5 Å². The molecular weight excluding hydrogens is 336 g/mol. The van der Waals surface area contributed by atoms with E-state index >= 15 is 0 Å². The van der Waals surface area contributed by atoms with Gasteiger partial charge in [-0.1, -0.05) is 44.4 Å². The molecule has 1 aromatic carbocycles. The van der Waals surface area contributed by atoms with Crippen LogP contribution in [0.15, 0.2) is 24.3 Å². The summed E-state index contributed by atoms with van der Waals surface area (Å²) in [4.78, 5) is 31.6. The molecule has 2 atom stereocenters. The lowest BCUT2D eigenvalue weighted by molar-refractivity contribution is -0.137. The minimum Gasteiger partial charge on any atom is -0.342 e. The van der Waals surface area contributed by atoms with Crippen LogP contribution in [0.2, 0.25) is 0 Å². The van der Waals surface area contributed by atoms with Crippen LogP contribution in [0.4, 0.5) is 0 Å². The standard InChI is InChI=1S/C23H32N2O2/c1-3-17(2)25-21(26)19-12-6-5-11-18(19)20(22(27)24-15-9-10-16-24)23(25)13-7-4-8-14-23/h5-6,11-12,17,20H,3-4,7-10,13-16H2,1-2H3/t17-,20+/m1/s1. The van der Waals surface area contributed by atoms with Gasteiger partial charge in [0.25, 0.3) is 5.91 Å². The maximum atomic E-state index is 13.8. The first-order valence-electron chi connectivity index (χ1n) is 10.8. The molecule has 0 N–H and O–H groups in total. The molecule has 1 aromatic rings. The van der Waals surface area contributed by atoms with Gasteiger partial charge in [-0.25, -0.2) is 0 Å². The van der Waals surface area contributed by atoms with E-state index in [0.717, 1.165) is 69.2 Å². The van der Waals surface area contributed by atoms with Gasteiger partial charge >= 0.3 is 0 Å². The molecule has 1 spiro atoms. The zero-order valence-corrected chi connectivity index (χ0v) is 16.7. The Morgan fingerprint density at radius 2 is 1.78 bits per heavy atom. The fourth-order valence-electron chi connectivity index (χ4n) is 5.70. The lowest BCUT2D eigenvalue weighted by Crippen LogP contribution is -2.65. The second-order valence-electron chi connectivity index (χ2n) is 8.65. The maximum absolute atomic E-state index is 13.8. The number of nitrogens with zero attached hydrogens (tertiary/aromatic N) is 2. The average molecular weight is 369 g/mol. The van der Waals surface area contributed by atoms with Crippen molar-refractivity contribution in [1.82, 2.24) is 9.80 Å². The molecule has 2 fully saturated rings. The zero-order valence-electron chi connectivity index (χ0n) is 16.7. The van der Waals surface area contributed by atoms with Crippen molar-refractivity contribution in [3.8, 4) is 0 Å². The highest BCUT2D eigenvalue weighted by Crippen LogP contribution is 2.51. The molecule has 1 saturated heterocycles. The third-order valence-corrected chi connectivity index (χ3v) is 7.15. The Balaban J connectivity index is 1.88. The SMILES string of the molecule is CC[C@@H](C)N1C(=O)c2ccccc2[C@@H](C(=O)N2CCCC2)C12CCCCC2. The maximum Gasteiger partial charge on any atom is 0.254 e. The van der Waals surface area contributed by atoms with Crippen molar-refractivity contribution < 1.29 is 9.59 Å². The zero-order chi connectivity index (χ0) is 19.0. The molecule has 3 aliphatic rings. The van der Waals surface area contributed by atoms with Crippen molar-refractivity contribution in [3.63, 3.8) is 0 Å². The first-order chi connectivity index (χ1) is 13.1. The molecule has 2 heterocycles. The molecule has 0 unspecified atom stereocenters. The van der Waals surface area contributed by atoms with E-state index in [1.165, 1.54) is 6.42 Å². The predicted molar refractivity (Wildman–Crippen MR) is 107 cm³/mol. The van der Waals surface area contributed by atoms with Gasteiger partial charge in [0.1, 0.15) is 0 Å². The van der Waals surface area contributed by atoms with E-state index in [-0.39, 0.29) is 29.3 Å². The Labute approximate surface area is 162 Å². The topological polar surface area (TPSA) is 40.6 Å². The molecule has 0 bridgehead atoms. The smallest absolute Gasteiger partial charge is 0.254 e. The number of benzene rings is 1. The van der Waals surface area contributed by atoms with E-state index in [2.05, 4.69) is 23.6 Å². The van der Waals surface area contributed by atoms with Crippen molar-refractivity contribution >= 4 is 11.8 Å². The van der Waals surface area contributed by atoms with E-state index in [1.54, 1.807) is 0 Å². The van der Waals surface area contributed by atoms with E-state index in [0.29, 0.717) is 0 Å². The molecular formula is C23H32N2O2. The van der Waals surface area contributed by atoms with Crippen LogP contribution in [-0.4, -0.2) is 46.3 Å². The number of hydrogen-bond donors (Lipinski definition) is 0. The number of hydrogen-bond acceptors (Lipinski definition) is 2. The van der Waals surface area contributed by atoms with Crippen molar-refractivity contribution in [3.05, 3.63) is 35.4 Å². The molecule has 146 valence electrons. The summed E-state index contributed by atoms with van der Waals surface area (Å²) in [6.07, 6.45) is 8.42. The second kappa shape index (κ2) is 7.29. The second-order valence-corrected chi connectivity index (χ2v) is 8.65.